The molecule has 0 aliphatic heterocycles. The average Bonchev–Trinajstić information content (AvgIpc) is 2.58. The van der Waals surface area contributed by atoms with Crippen molar-refractivity contribution in [3.05, 3.63) is 58.6 Å². The lowest BCUT2D eigenvalue weighted by atomic mass is 10.1. The first kappa shape index (κ1) is 18.8. The summed E-state index contributed by atoms with van der Waals surface area (Å²) in [6.45, 7) is 4.07. The molecular formula is C19H21ClN2O3. The molecule has 5 nitrogen and oxygen atoms in total. The van der Waals surface area contributed by atoms with Gasteiger partial charge in [-0.2, -0.15) is 5.10 Å². The lowest BCUT2D eigenvalue weighted by Gasteiger charge is -2.09. The number of halogens is 1. The van der Waals surface area contributed by atoms with E-state index < -0.39 is 0 Å². The van der Waals surface area contributed by atoms with Crippen LogP contribution in [0.4, 0.5) is 0 Å². The van der Waals surface area contributed by atoms with Crippen LogP contribution in [0.2, 0.25) is 5.02 Å². The van der Waals surface area contributed by atoms with Crippen LogP contribution in [0.3, 0.4) is 0 Å². The molecule has 0 bridgehead atoms. The number of carbonyl (C=O) groups excluding carboxylic acids is 1. The molecule has 2 N–H and O–H groups in total. The molecule has 2 rings (SSSR count). The maximum Gasteiger partial charge on any atom is 0.240 e. The van der Waals surface area contributed by atoms with Crippen LogP contribution < -0.4 is 10.2 Å². The van der Waals surface area contributed by atoms with E-state index in [1.54, 1.807) is 37.3 Å². The molecule has 0 aromatic heterocycles. The van der Waals surface area contributed by atoms with Crippen LogP contribution in [0.15, 0.2) is 47.6 Å². The maximum atomic E-state index is 11.8. The molecular weight excluding hydrogens is 340 g/mol. The van der Waals surface area contributed by atoms with Crippen LogP contribution in [-0.4, -0.2) is 23.3 Å². The number of hydrogen-bond donors (Lipinski definition) is 2. The molecule has 0 saturated carbocycles. The van der Waals surface area contributed by atoms with Crippen LogP contribution in [-0.2, 0) is 4.79 Å². The third-order valence-electron chi connectivity index (χ3n) is 3.58. The number of para-hydroxylation sites is 1. The Morgan fingerprint density at radius 2 is 2.04 bits per heavy atom. The number of ether oxygens (including phenoxy) is 1. The zero-order chi connectivity index (χ0) is 18.2. The van der Waals surface area contributed by atoms with Gasteiger partial charge in [-0.1, -0.05) is 23.7 Å². The number of phenols is 1. The number of hydrogen-bond acceptors (Lipinski definition) is 4. The highest BCUT2D eigenvalue weighted by Crippen LogP contribution is 2.22. The summed E-state index contributed by atoms with van der Waals surface area (Å²) in [4.78, 5) is 11.8. The zero-order valence-electron chi connectivity index (χ0n) is 14.3. The van der Waals surface area contributed by atoms with Crippen LogP contribution in [0.1, 0.15) is 30.9 Å². The molecule has 0 unspecified atom stereocenters. The molecule has 0 atom stereocenters. The second-order valence-electron chi connectivity index (χ2n) is 5.61. The Hall–Kier alpha value is -2.53. The van der Waals surface area contributed by atoms with Crippen molar-refractivity contribution in [1.82, 2.24) is 5.43 Å². The Morgan fingerprint density at radius 1 is 1.28 bits per heavy atom. The number of aryl methyl sites for hydroxylation is 1. The summed E-state index contributed by atoms with van der Waals surface area (Å²) in [5, 5.41) is 14.4. The highest BCUT2D eigenvalue weighted by atomic mass is 35.5. The Balaban J connectivity index is 1.75. The van der Waals surface area contributed by atoms with Gasteiger partial charge < -0.3 is 9.84 Å². The van der Waals surface area contributed by atoms with Crippen LogP contribution in [0.5, 0.6) is 11.5 Å². The molecule has 1 amide bonds. The topological polar surface area (TPSA) is 70.9 Å². The predicted octanol–water partition coefficient (Wildman–Crippen LogP) is 4.05. The summed E-state index contributed by atoms with van der Waals surface area (Å²) in [5.74, 6) is 0.689. The average molecular weight is 361 g/mol. The van der Waals surface area contributed by atoms with Gasteiger partial charge in [-0.05, 0) is 56.2 Å². The summed E-state index contributed by atoms with van der Waals surface area (Å²) in [6, 6.07) is 12.3. The number of carbonyl (C=O) groups is 1. The fourth-order valence-electron chi connectivity index (χ4n) is 2.23. The van der Waals surface area contributed by atoms with Gasteiger partial charge in [-0.25, -0.2) is 5.43 Å². The van der Waals surface area contributed by atoms with Crippen molar-refractivity contribution in [2.24, 2.45) is 5.10 Å². The molecule has 6 heteroatoms. The third-order valence-corrected chi connectivity index (χ3v) is 3.82. The van der Waals surface area contributed by atoms with E-state index in [-0.39, 0.29) is 11.7 Å². The molecule has 2 aromatic carbocycles. The van der Waals surface area contributed by atoms with E-state index in [2.05, 4.69) is 10.5 Å². The smallest absolute Gasteiger partial charge is 0.240 e. The highest BCUT2D eigenvalue weighted by Gasteiger charge is 2.06. The molecule has 0 radical (unpaired) electrons. The summed E-state index contributed by atoms with van der Waals surface area (Å²) >= 11 is 5.90. The Morgan fingerprint density at radius 3 is 2.76 bits per heavy atom. The monoisotopic (exact) mass is 360 g/mol. The minimum Gasteiger partial charge on any atom is -0.507 e. The Bertz CT molecular complexity index is 775. The minimum atomic E-state index is -0.203. The SMILES string of the molecule is CC(=NNC(=O)CCCOc1ccc(Cl)cc1C)c1ccccc1O. The zero-order valence-corrected chi connectivity index (χ0v) is 15.0. The number of phenolic OH excluding ortho intramolecular Hbond substituents is 1. The predicted molar refractivity (Wildman–Crippen MR) is 99.4 cm³/mol. The van der Waals surface area contributed by atoms with Gasteiger partial charge in [0.1, 0.15) is 11.5 Å². The van der Waals surface area contributed by atoms with Crippen molar-refractivity contribution in [2.45, 2.75) is 26.7 Å². The molecule has 0 spiro atoms. The van der Waals surface area contributed by atoms with E-state index in [0.29, 0.717) is 35.7 Å². The summed E-state index contributed by atoms with van der Waals surface area (Å²) in [5.41, 5.74) is 4.58. The molecule has 0 aliphatic rings. The number of benzene rings is 2. The van der Waals surface area contributed by atoms with Gasteiger partial charge in [0.2, 0.25) is 5.91 Å². The van der Waals surface area contributed by atoms with E-state index in [1.807, 2.05) is 19.1 Å². The van der Waals surface area contributed by atoms with E-state index in [4.69, 9.17) is 16.3 Å². The highest BCUT2D eigenvalue weighted by molar-refractivity contribution is 6.30. The van der Waals surface area contributed by atoms with E-state index in [9.17, 15) is 9.90 Å². The number of amides is 1. The Labute approximate surface area is 152 Å². The fraction of sp³-hybridized carbons (Fsp3) is 0.263. The molecule has 25 heavy (non-hydrogen) atoms. The van der Waals surface area contributed by atoms with Gasteiger partial charge >= 0.3 is 0 Å². The lowest BCUT2D eigenvalue weighted by molar-refractivity contribution is -0.121. The minimum absolute atomic E-state index is 0.129. The first-order chi connectivity index (χ1) is 12.0. The number of rotatable bonds is 7. The number of nitrogens with zero attached hydrogens (tertiary/aromatic N) is 1. The Kier molecular flexibility index (Phi) is 6.83. The lowest BCUT2D eigenvalue weighted by Crippen LogP contribution is -2.19. The summed E-state index contributed by atoms with van der Waals surface area (Å²) in [7, 11) is 0. The molecule has 0 saturated heterocycles. The van der Waals surface area contributed by atoms with Gasteiger partial charge in [0.05, 0.1) is 12.3 Å². The summed E-state index contributed by atoms with van der Waals surface area (Å²) in [6.07, 6.45) is 0.864. The maximum absolute atomic E-state index is 11.8. The molecule has 2 aromatic rings. The molecule has 132 valence electrons. The van der Waals surface area contributed by atoms with Crippen molar-refractivity contribution in [3.63, 3.8) is 0 Å². The second kappa shape index (κ2) is 9.08. The van der Waals surface area contributed by atoms with E-state index >= 15 is 0 Å². The van der Waals surface area contributed by atoms with Crippen molar-refractivity contribution in [1.29, 1.82) is 0 Å². The quantitative estimate of drug-likeness (QED) is 0.444. The first-order valence-corrected chi connectivity index (χ1v) is 8.35. The van der Waals surface area contributed by atoms with Crippen molar-refractivity contribution in [3.8, 4) is 11.5 Å². The second-order valence-corrected chi connectivity index (χ2v) is 6.05. The molecule has 0 heterocycles. The number of nitrogens with one attached hydrogen (secondary N) is 1. The van der Waals surface area contributed by atoms with Crippen LogP contribution >= 0.6 is 11.6 Å². The fourth-order valence-corrected chi connectivity index (χ4v) is 2.46. The summed E-state index contributed by atoms with van der Waals surface area (Å²) < 4.78 is 5.65. The number of hydrazone groups is 1. The van der Waals surface area contributed by atoms with Gasteiger partial charge in [0, 0.05) is 17.0 Å². The van der Waals surface area contributed by atoms with E-state index in [0.717, 1.165) is 11.3 Å². The van der Waals surface area contributed by atoms with Gasteiger partial charge in [0.25, 0.3) is 0 Å². The van der Waals surface area contributed by atoms with E-state index in [1.165, 1.54) is 0 Å². The normalized spacial score (nSPS) is 11.2. The molecule has 0 aliphatic carbocycles. The van der Waals surface area contributed by atoms with Crippen LogP contribution in [0, 0.1) is 6.92 Å². The first-order valence-electron chi connectivity index (χ1n) is 7.98. The van der Waals surface area contributed by atoms with Gasteiger partial charge in [-0.3, -0.25) is 4.79 Å². The number of aromatic hydroxyl groups is 1. The molecule has 0 fully saturated rings. The van der Waals surface area contributed by atoms with Crippen LogP contribution in [0.25, 0.3) is 0 Å². The largest absolute Gasteiger partial charge is 0.507 e. The van der Waals surface area contributed by atoms with Gasteiger partial charge in [0.15, 0.2) is 0 Å². The van der Waals surface area contributed by atoms with Crippen molar-refractivity contribution < 1.29 is 14.6 Å². The van der Waals surface area contributed by atoms with Gasteiger partial charge in [-0.15, -0.1) is 0 Å². The third kappa shape index (κ3) is 5.80. The van der Waals surface area contributed by atoms with Crippen molar-refractivity contribution >= 4 is 23.2 Å². The van der Waals surface area contributed by atoms with Crippen molar-refractivity contribution in [2.75, 3.05) is 6.61 Å². The standard InChI is InChI=1S/C19H21ClN2O3/c1-13-12-15(20)9-10-18(13)25-11-5-8-19(24)22-21-14(2)16-6-3-4-7-17(16)23/h3-4,6-7,9-10,12,23H,5,8,11H2,1-2H3,(H,22,24).